The minimum atomic E-state index is -0.438. The van der Waals surface area contributed by atoms with Gasteiger partial charge >= 0.3 is 0 Å². The summed E-state index contributed by atoms with van der Waals surface area (Å²) in [7, 11) is 0. The molecule has 1 atom stereocenters. The molecule has 7 heteroatoms. The molecule has 0 bridgehead atoms. The van der Waals surface area contributed by atoms with Gasteiger partial charge < -0.3 is 9.64 Å². The van der Waals surface area contributed by atoms with Gasteiger partial charge in [0, 0.05) is 23.7 Å². The number of carbonyl (C=O) groups excluding carboxylic acids is 2. The molecule has 1 N–H and O–H groups in total. The highest BCUT2D eigenvalue weighted by Crippen LogP contribution is 2.27. The molecule has 0 radical (unpaired) electrons. The maximum Gasteiger partial charge on any atom is 0.245 e. The van der Waals surface area contributed by atoms with E-state index in [4.69, 9.17) is 16.3 Å². The summed E-state index contributed by atoms with van der Waals surface area (Å²) in [5.74, 6) is -0.0480. The fourth-order valence-electron chi connectivity index (χ4n) is 2.83. The van der Waals surface area contributed by atoms with Crippen molar-refractivity contribution in [3.05, 3.63) is 59.1 Å². The third-order valence-electron chi connectivity index (χ3n) is 4.21. The largest absolute Gasteiger partial charge is 0.494 e. The Bertz CT molecular complexity index is 835. The highest BCUT2D eigenvalue weighted by molar-refractivity contribution is 6.30. The Kier molecular flexibility index (Phi) is 6.08. The second-order valence-electron chi connectivity index (χ2n) is 6.12. The first-order valence-electron chi connectivity index (χ1n) is 8.68. The lowest BCUT2D eigenvalue weighted by atomic mass is 10.1. The molecule has 0 saturated carbocycles. The molecule has 1 aliphatic heterocycles. The van der Waals surface area contributed by atoms with Crippen molar-refractivity contribution in [2.24, 2.45) is 11.0 Å². The Morgan fingerprint density at radius 1 is 1.26 bits per heavy atom. The number of anilines is 1. The summed E-state index contributed by atoms with van der Waals surface area (Å²) in [6.45, 7) is 2.83. The lowest BCUT2D eigenvalue weighted by Crippen LogP contribution is -2.30. The minimum Gasteiger partial charge on any atom is -0.494 e. The van der Waals surface area contributed by atoms with Crippen LogP contribution in [0.1, 0.15) is 18.9 Å². The topological polar surface area (TPSA) is 71.0 Å². The molecule has 1 heterocycles. The van der Waals surface area contributed by atoms with E-state index in [9.17, 15) is 9.59 Å². The van der Waals surface area contributed by atoms with Crippen LogP contribution >= 0.6 is 11.6 Å². The molecule has 3 rings (SSSR count). The van der Waals surface area contributed by atoms with Crippen molar-refractivity contribution in [1.29, 1.82) is 0 Å². The van der Waals surface area contributed by atoms with Crippen LogP contribution in [-0.4, -0.2) is 31.2 Å². The number of hydrogen-bond donors (Lipinski definition) is 1. The van der Waals surface area contributed by atoms with Gasteiger partial charge in [-0.2, -0.15) is 5.10 Å². The van der Waals surface area contributed by atoms with E-state index in [1.54, 1.807) is 29.2 Å². The van der Waals surface area contributed by atoms with Gasteiger partial charge in [0.25, 0.3) is 0 Å². The smallest absolute Gasteiger partial charge is 0.245 e. The number of halogens is 1. The summed E-state index contributed by atoms with van der Waals surface area (Å²) in [5.41, 5.74) is 4.08. The zero-order valence-corrected chi connectivity index (χ0v) is 15.6. The fourth-order valence-corrected chi connectivity index (χ4v) is 2.96. The van der Waals surface area contributed by atoms with E-state index < -0.39 is 5.92 Å². The number of carbonyl (C=O) groups is 2. The summed E-state index contributed by atoms with van der Waals surface area (Å²) >= 11 is 5.83. The van der Waals surface area contributed by atoms with Crippen molar-refractivity contribution in [2.75, 3.05) is 18.1 Å². The number of hydrogen-bond acceptors (Lipinski definition) is 4. The monoisotopic (exact) mass is 385 g/mol. The van der Waals surface area contributed by atoms with Crippen molar-refractivity contribution in [1.82, 2.24) is 5.43 Å². The van der Waals surface area contributed by atoms with Gasteiger partial charge in [-0.1, -0.05) is 23.7 Å². The first kappa shape index (κ1) is 18.9. The molecule has 1 fully saturated rings. The SMILES string of the molecule is CCOc1ccc(N2C[C@@H](C(=O)N/N=C\c3ccc(Cl)cc3)CC2=O)cc1. The van der Waals surface area contributed by atoms with Crippen LogP contribution in [0.2, 0.25) is 5.02 Å². The summed E-state index contributed by atoms with van der Waals surface area (Å²) in [6, 6.07) is 14.4. The third kappa shape index (κ3) is 4.86. The number of nitrogens with one attached hydrogen (secondary N) is 1. The number of hydrazone groups is 1. The molecule has 27 heavy (non-hydrogen) atoms. The highest BCUT2D eigenvalue weighted by Gasteiger charge is 2.35. The standard InChI is InChI=1S/C20H20ClN3O3/c1-2-27-18-9-7-17(8-10-18)24-13-15(11-19(24)25)20(26)23-22-12-14-3-5-16(21)6-4-14/h3-10,12,15H,2,11,13H2,1H3,(H,23,26)/b22-12-/t15-/m0/s1. The Labute approximate surface area is 162 Å². The van der Waals surface area contributed by atoms with Crippen LogP contribution in [0.3, 0.4) is 0 Å². The van der Waals surface area contributed by atoms with Gasteiger partial charge in [-0.25, -0.2) is 5.43 Å². The molecule has 0 unspecified atom stereocenters. The molecular formula is C20H20ClN3O3. The zero-order valence-electron chi connectivity index (χ0n) is 14.9. The summed E-state index contributed by atoms with van der Waals surface area (Å²) in [5, 5.41) is 4.59. The van der Waals surface area contributed by atoms with Crippen LogP contribution in [0.4, 0.5) is 5.69 Å². The van der Waals surface area contributed by atoms with Crippen molar-refractivity contribution in [3.63, 3.8) is 0 Å². The van der Waals surface area contributed by atoms with Crippen LogP contribution in [-0.2, 0) is 9.59 Å². The van der Waals surface area contributed by atoms with E-state index >= 15 is 0 Å². The van der Waals surface area contributed by atoms with E-state index in [1.165, 1.54) is 6.21 Å². The lowest BCUT2D eigenvalue weighted by molar-refractivity contribution is -0.126. The van der Waals surface area contributed by atoms with E-state index in [0.717, 1.165) is 17.0 Å². The Morgan fingerprint density at radius 3 is 2.63 bits per heavy atom. The normalized spacial score (nSPS) is 16.7. The number of nitrogens with zero attached hydrogens (tertiary/aromatic N) is 2. The predicted molar refractivity (Wildman–Crippen MR) is 105 cm³/mol. The van der Waals surface area contributed by atoms with E-state index in [2.05, 4.69) is 10.5 Å². The fraction of sp³-hybridized carbons (Fsp3) is 0.250. The van der Waals surface area contributed by atoms with Gasteiger partial charge in [0.05, 0.1) is 18.7 Å². The van der Waals surface area contributed by atoms with Crippen LogP contribution in [0, 0.1) is 5.92 Å². The average molecular weight is 386 g/mol. The van der Waals surface area contributed by atoms with Gasteiger partial charge in [0.15, 0.2) is 0 Å². The second kappa shape index (κ2) is 8.68. The quantitative estimate of drug-likeness (QED) is 0.613. The van der Waals surface area contributed by atoms with Gasteiger partial charge in [-0.15, -0.1) is 0 Å². The van der Waals surface area contributed by atoms with Gasteiger partial charge in [-0.3, -0.25) is 9.59 Å². The van der Waals surface area contributed by atoms with Crippen LogP contribution in [0.15, 0.2) is 53.6 Å². The summed E-state index contributed by atoms with van der Waals surface area (Å²) < 4.78 is 5.41. The number of rotatable bonds is 6. The Hall–Kier alpha value is -2.86. The van der Waals surface area contributed by atoms with Gasteiger partial charge in [-0.05, 0) is 48.9 Å². The van der Waals surface area contributed by atoms with Crippen molar-refractivity contribution < 1.29 is 14.3 Å². The van der Waals surface area contributed by atoms with Crippen molar-refractivity contribution >= 4 is 35.3 Å². The number of ether oxygens (including phenoxy) is 1. The second-order valence-corrected chi connectivity index (χ2v) is 6.55. The average Bonchev–Trinajstić information content (AvgIpc) is 3.06. The molecule has 0 spiro atoms. The Balaban J connectivity index is 1.57. The molecule has 0 aliphatic carbocycles. The molecule has 2 amide bonds. The first-order valence-corrected chi connectivity index (χ1v) is 9.06. The van der Waals surface area contributed by atoms with Crippen LogP contribution in [0.5, 0.6) is 5.75 Å². The zero-order chi connectivity index (χ0) is 19.2. The molecule has 140 valence electrons. The van der Waals surface area contributed by atoms with Crippen molar-refractivity contribution in [2.45, 2.75) is 13.3 Å². The van der Waals surface area contributed by atoms with Crippen LogP contribution in [0.25, 0.3) is 0 Å². The predicted octanol–water partition coefficient (Wildman–Crippen LogP) is 3.24. The first-order chi connectivity index (χ1) is 13.1. The number of benzene rings is 2. The maximum atomic E-state index is 12.3. The van der Waals surface area contributed by atoms with Crippen LogP contribution < -0.4 is 15.1 Å². The molecule has 1 aliphatic rings. The van der Waals surface area contributed by atoms with E-state index in [0.29, 0.717) is 18.2 Å². The molecule has 2 aromatic rings. The molecule has 6 nitrogen and oxygen atoms in total. The summed E-state index contributed by atoms with van der Waals surface area (Å²) in [6.07, 6.45) is 1.70. The van der Waals surface area contributed by atoms with Gasteiger partial charge in [0.1, 0.15) is 5.75 Å². The molecule has 1 saturated heterocycles. The molecule has 0 aromatic heterocycles. The highest BCUT2D eigenvalue weighted by atomic mass is 35.5. The number of amides is 2. The molecule has 2 aromatic carbocycles. The Morgan fingerprint density at radius 2 is 1.96 bits per heavy atom. The maximum absolute atomic E-state index is 12.3. The summed E-state index contributed by atoms with van der Waals surface area (Å²) in [4.78, 5) is 26.2. The third-order valence-corrected chi connectivity index (χ3v) is 4.47. The molecular weight excluding hydrogens is 366 g/mol. The van der Waals surface area contributed by atoms with Crippen molar-refractivity contribution in [3.8, 4) is 5.75 Å². The van der Waals surface area contributed by atoms with E-state index in [-0.39, 0.29) is 18.2 Å². The lowest BCUT2D eigenvalue weighted by Gasteiger charge is -2.17. The minimum absolute atomic E-state index is 0.0824. The van der Waals surface area contributed by atoms with Gasteiger partial charge in [0.2, 0.25) is 11.8 Å². The van der Waals surface area contributed by atoms with E-state index in [1.807, 2.05) is 31.2 Å².